The van der Waals surface area contributed by atoms with Gasteiger partial charge in [0.25, 0.3) is 5.56 Å². The molecule has 132 valence electrons. The highest BCUT2D eigenvalue weighted by Crippen LogP contribution is 2.13. The highest BCUT2D eigenvalue weighted by Gasteiger charge is 2.14. The van der Waals surface area contributed by atoms with Gasteiger partial charge in [0, 0.05) is 30.9 Å². The maximum atomic E-state index is 12.0. The fourth-order valence-corrected chi connectivity index (χ4v) is 3.17. The van der Waals surface area contributed by atoms with Crippen molar-refractivity contribution in [2.75, 3.05) is 26.2 Å². The molecule has 0 aliphatic carbocycles. The quantitative estimate of drug-likeness (QED) is 0.750. The van der Waals surface area contributed by atoms with Gasteiger partial charge in [-0.05, 0) is 6.07 Å². The lowest BCUT2D eigenvalue weighted by atomic mass is 10.1. The minimum Gasteiger partial charge on any atom is -0.350 e. The molecule has 0 saturated carbocycles. The maximum Gasteiger partial charge on any atom is 0.266 e. The summed E-state index contributed by atoms with van der Waals surface area (Å²) in [6.07, 6.45) is 2.84. The molecule has 1 aromatic carbocycles. The van der Waals surface area contributed by atoms with Crippen LogP contribution >= 0.6 is 0 Å². The molecule has 6 heteroatoms. The summed E-state index contributed by atoms with van der Waals surface area (Å²) < 4.78 is 1.37. The Bertz CT molecular complexity index is 752. The zero-order valence-corrected chi connectivity index (χ0v) is 14.4. The van der Waals surface area contributed by atoms with E-state index in [2.05, 4.69) is 10.4 Å². The van der Waals surface area contributed by atoms with Crippen molar-refractivity contribution in [2.45, 2.75) is 25.8 Å². The third kappa shape index (κ3) is 5.00. The third-order valence-electron chi connectivity index (χ3n) is 4.60. The van der Waals surface area contributed by atoms with Gasteiger partial charge >= 0.3 is 0 Å². The van der Waals surface area contributed by atoms with Gasteiger partial charge in [-0.2, -0.15) is 5.10 Å². The number of nitrogens with zero attached hydrogens (tertiary/aromatic N) is 2. The number of rotatable bonds is 7. The van der Waals surface area contributed by atoms with Crippen LogP contribution in [0, 0.1) is 0 Å². The van der Waals surface area contributed by atoms with E-state index in [4.69, 9.17) is 0 Å². The van der Waals surface area contributed by atoms with Crippen LogP contribution in [0.3, 0.4) is 0 Å². The van der Waals surface area contributed by atoms with Gasteiger partial charge in [-0.25, -0.2) is 4.68 Å². The maximum absolute atomic E-state index is 12.0. The number of likely N-dealkylation sites (tertiary alicyclic amines) is 1. The number of quaternary nitrogens is 1. The second kappa shape index (κ2) is 8.58. The van der Waals surface area contributed by atoms with E-state index in [1.807, 2.05) is 30.3 Å². The van der Waals surface area contributed by atoms with Crippen molar-refractivity contribution in [3.63, 3.8) is 0 Å². The summed E-state index contributed by atoms with van der Waals surface area (Å²) in [5.41, 5.74) is 1.50. The second-order valence-electron chi connectivity index (χ2n) is 6.45. The molecule has 1 aliphatic rings. The molecule has 2 N–H and O–H groups in total. The van der Waals surface area contributed by atoms with Crippen LogP contribution in [0.25, 0.3) is 11.3 Å². The zero-order chi connectivity index (χ0) is 17.5. The van der Waals surface area contributed by atoms with Crippen LogP contribution in [0.1, 0.15) is 19.3 Å². The first-order chi connectivity index (χ1) is 12.2. The predicted molar refractivity (Wildman–Crippen MR) is 96.4 cm³/mol. The van der Waals surface area contributed by atoms with Gasteiger partial charge in [-0.15, -0.1) is 0 Å². The van der Waals surface area contributed by atoms with Crippen molar-refractivity contribution in [3.05, 3.63) is 52.8 Å². The average molecular weight is 341 g/mol. The largest absolute Gasteiger partial charge is 0.350 e. The summed E-state index contributed by atoms with van der Waals surface area (Å²) in [4.78, 5) is 25.5. The minimum atomic E-state index is -0.186. The highest BCUT2D eigenvalue weighted by atomic mass is 16.2. The van der Waals surface area contributed by atoms with Crippen LogP contribution in [0.4, 0.5) is 0 Å². The number of hydrogen-bond acceptors (Lipinski definition) is 3. The van der Waals surface area contributed by atoms with Crippen LogP contribution in [0.5, 0.6) is 0 Å². The molecule has 2 aromatic rings. The molecule has 1 saturated heterocycles. The van der Waals surface area contributed by atoms with Crippen molar-refractivity contribution < 1.29 is 9.69 Å². The third-order valence-corrected chi connectivity index (χ3v) is 4.60. The number of aromatic nitrogens is 2. The molecule has 1 fully saturated rings. The number of carbonyl (C=O) groups is 1. The normalized spacial score (nSPS) is 14.6. The summed E-state index contributed by atoms with van der Waals surface area (Å²) in [6, 6.07) is 12.9. The van der Waals surface area contributed by atoms with E-state index < -0.39 is 0 Å². The first-order valence-corrected chi connectivity index (χ1v) is 8.96. The van der Waals surface area contributed by atoms with E-state index >= 15 is 0 Å². The number of hydrogen-bond donors (Lipinski definition) is 2. The molecule has 0 unspecified atom stereocenters. The molecule has 3 rings (SSSR count). The average Bonchev–Trinajstić information content (AvgIpc) is 3.15. The number of nitrogens with one attached hydrogen (secondary N) is 2. The Hall–Kier alpha value is -2.47. The van der Waals surface area contributed by atoms with Crippen molar-refractivity contribution in [1.29, 1.82) is 0 Å². The van der Waals surface area contributed by atoms with E-state index in [1.165, 1.54) is 36.7 Å². The van der Waals surface area contributed by atoms with Gasteiger partial charge in [0.2, 0.25) is 5.91 Å². The molecular formula is C19H25N4O2+. The van der Waals surface area contributed by atoms with Gasteiger partial charge in [-0.3, -0.25) is 9.59 Å². The Kier molecular flexibility index (Phi) is 5.95. The van der Waals surface area contributed by atoms with Gasteiger partial charge in [0.1, 0.15) is 0 Å². The molecule has 0 spiro atoms. The minimum absolute atomic E-state index is 0.0302. The van der Waals surface area contributed by atoms with Crippen LogP contribution in [-0.2, 0) is 11.3 Å². The Morgan fingerprint density at radius 2 is 1.88 bits per heavy atom. The lowest BCUT2D eigenvalue weighted by Gasteiger charge is -2.12. The first-order valence-electron chi connectivity index (χ1n) is 8.96. The van der Waals surface area contributed by atoms with Gasteiger partial charge in [0.15, 0.2) is 0 Å². The molecule has 1 amide bonds. The molecule has 6 nitrogen and oxygen atoms in total. The smallest absolute Gasteiger partial charge is 0.266 e. The van der Waals surface area contributed by atoms with Gasteiger partial charge in [0.05, 0.1) is 38.4 Å². The Morgan fingerprint density at radius 3 is 2.64 bits per heavy atom. The van der Waals surface area contributed by atoms with Crippen LogP contribution in [0.2, 0.25) is 0 Å². The summed E-state index contributed by atoms with van der Waals surface area (Å²) in [5.74, 6) is -0.0302. The SMILES string of the molecule is O=C(CCn1nc(-c2ccccc2)ccc1=O)NCC[NH+]1CCCC1. The number of benzene rings is 1. The second-order valence-corrected chi connectivity index (χ2v) is 6.45. The predicted octanol–water partition coefficient (Wildman–Crippen LogP) is 0.0953. The summed E-state index contributed by atoms with van der Waals surface area (Å²) in [6.45, 7) is 4.39. The van der Waals surface area contributed by atoms with Crippen LogP contribution in [-0.4, -0.2) is 41.9 Å². The van der Waals surface area contributed by atoms with Gasteiger partial charge in [-0.1, -0.05) is 30.3 Å². The fraction of sp³-hybridized carbons (Fsp3) is 0.421. The van der Waals surface area contributed by atoms with Crippen molar-refractivity contribution in [1.82, 2.24) is 15.1 Å². The van der Waals surface area contributed by atoms with E-state index in [0.29, 0.717) is 13.1 Å². The Morgan fingerprint density at radius 1 is 1.12 bits per heavy atom. The molecular weight excluding hydrogens is 316 g/mol. The Labute approximate surface area is 147 Å². The summed E-state index contributed by atoms with van der Waals surface area (Å²) in [7, 11) is 0. The number of aryl methyl sites for hydroxylation is 1. The molecule has 2 heterocycles. The van der Waals surface area contributed by atoms with E-state index in [1.54, 1.807) is 11.0 Å². The number of amides is 1. The zero-order valence-electron chi connectivity index (χ0n) is 14.4. The lowest BCUT2D eigenvalue weighted by molar-refractivity contribution is -0.886. The Balaban J connectivity index is 1.52. The van der Waals surface area contributed by atoms with Crippen molar-refractivity contribution >= 4 is 5.91 Å². The first kappa shape index (κ1) is 17.4. The van der Waals surface area contributed by atoms with Crippen LogP contribution in [0.15, 0.2) is 47.3 Å². The van der Waals surface area contributed by atoms with Gasteiger partial charge < -0.3 is 10.2 Å². The topological polar surface area (TPSA) is 68.4 Å². The van der Waals surface area contributed by atoms with E-state index in [0.717, 1.165) is 17.8 Å². The highest BCUT2D eigenvalue weighted by molar-refractivity contribution is 5.75. The molecule has 1 aliphatic heterocycles. The molecule has 1 aromatic heterocycles. The summed E-state index contributed by atoms with van der Waals surface area (Å²) >= 11 is 0. The standard InChI is InChI=1S/C19H24N4O2/c24-18(20-11-15-22-12-4-5-13-22)10-14-23-19(25)9-8-17(21-23)16-6-2-1-3-7-16/h1-3,6-9H,4-5,10-15H2,(H,20,24)/p+1. The molecule has 0 bridgehead atoms. The van der Waals surface area contributed by atoms with Crippen molar-refractivity contribution in [2.24, 2.45) is 0 Å². The number of carbonyl (C=O) groups excluding carboxylic acids is 1. The molecule has 25 heavy (non-hydrogen) atoms. The molecule has 0 atom stereocenters. The van der Waals surface area contributed by atoms with Crippen molar-refractivity contribution in [3.8, 4) is 11.3 Å². The van der Waals surface area contributed by atoms with Crippen LogP contribution < -0.4 is 15.8 Å². The van der Waals surface area contributed by atoms with E-state index in [9.17, 15) is 9.59 Å². The monoisotopic (exact) mass is 341 g/mol. The van der Waals surface area contributed by atoms with E-state index in [-0.39, 0.29) is 17.9 Å². The lowest BCUT2D eigenvalue weighted by Crippen LogP contribution is -3.10. The fourth-order valence-electron chi connectivity index (χ4n) is 3.17. The molecule has 0 radical (unpaired) electrons. The summed E-state index contributed by atoms with van der Waals surface area (Å²) in [5, 5.41) is 7.32.